The maximum absolute atomic E-state index is 13.2. The van der Waals surface area contributed by atoms with Crippen molar-refractivity contribution >= 4 is 39.1 Å². The Hall–Kier alpha value is -1.60. The summed E-state index contributed by atoms with van der Waals surface area (Å²) < 4.78 is 27.6. The van der Waals surface area contributed by atoms with Gasteiger partial charge in [-0.25, -0.2) is 8.42 Å². The molecule has 2 aromatic rings. The monoisotopic (exact) mass is 398 g/mol. The lowest BCUT2D eigenvalue weighted by molar-refractivity contribution is -0.124. The van der Waals surface area contributed by atoms with E-state index in [2.05, 4.69) is 5.32 Å². The molecule has 0 saturated carbocycles. The van der Waals surface area contributed by atoms with Gasteiger partial charge < -0.3 is 5.32 Å². The van der Waals surface area contributed by atoms with Gasteiger partial charge in [-0.2, -0.15) is 4.31 Å². The fourth-order valence-electron chi connectivity index (χ4n) is 2.95. The van der Waals surface area contributed by atoms with Crippen molar-refractivity contribution in [2.75, 3.05) is 7.05 Å². The van der Waals surface area contributed by atoms with Crippen molar-refractivity contribution in [3.05, 3.63) is 63.6 Å². The van der Waals surface area contributed by atoms with Crippen molar-refractivity contribution in [1.82, 2.24) is 9.62 Å². The second-order valence-corrected chi connectivity index (χ2v) is 8.35. The third-order valence-electron chi connectivity index (χ3n) is 4.26. The molecule has 0 bridgehead atoms. The first-order chi connectivity index (χ1) is 11.9. The normalized spacial score (nSPS) is 17.8. The van der Waals surface area contributed by atoms with Crippen LogP contribution >= 0.6 is 23.2 Å². The Balaban J connectivity index is 2.12. The van der Waals surface area contributed by atoms with Crippen molar-refractivity contribution < 1.29 is 13.2 Å². The minimum Gasteiger partial charge on any atom is -0.358 e. The third-order valence-corrected chi connectivity index (χ3v) is 7.09. The first-order valence-corrected chi connectivity index (χ1v) is 9.80. The van der Waals surface area contributed by atoms with Gasteiger partial charge in [0.2, 0.25) is 15.9 Å². The summed E-state index contributed by atoms with van der Waals surface area (Å²) in [6.07, 6.45) is 0.299. The number of hydrogen-bond acceptors (Lipinski definition) is 3. The van der Waals surface area contributed by atoms with Gasteiger partial charge in [-0.15, -0.1) is 0 Å². The predicted octanol–water partition coefficient (Wildman–Crippen LogP) is 2.86. The number of sulfonamides is 1. The van der Waals surface area contributed by atoms with Crippen LogP contribution in [0.3, 0.4) is 0 Å². The molecule has 1 aliphatic heterocycles. The number of fused-ring (bicyclic) bond motifs is 1. The molecule has 132 valence electrons. The van der Waals surface area contributed by atoms with Crippen LogP contribution in [0, 0.1) is 0 Å². The number of amides is 1. The average Bonchev–Trinajstić information content (AvgIpc) is 2.62. The molecule has 5 nitrogen and oxygen atoms in total. The van der Waals surface area contributed by atoms with Gasteiger partial charge in [-0.05, 0) is 29.7 Å². The van der Waals surface area contributed by atoms with Gasteiger partial charge in [0.25, 0.3) is 0 Å². The second-order valence-electron chi connectivity index (χ2n) is 5.71. The van der Waals surface area contributed by atoms with Gasteiger partial charge >= 0.3 is 0 Å². The number of carbonyl (C=O) groups is 1. The zero-order valence-corrected chi connectivity index (χ0v) is 15.7. The van der Waals surface area contributed by atoms with Crippen LogP contribution < -0.4 is 5.32 Å². The molecular formula is C17H16Cl2N2O3S. The van der Waals surface area contributed by atoms with Crippen LogP contribution in [0.5, 0.6) is 0 Å². The number of likely N-dealkylation sites (N-methyl/N-ethyl adjacent to an activating group) is 1. The molecule has 1 atom stereocenters. The molecule has 0 saturated heterocycles. The Morgan fingerprint density at radius 2 is 1.80 bits per heavy atom. The Morgan fingerprint density at radius 1 is 1.12 bits per heavy atom. The summed E-state index contributed by atoms with van der Waals surface area (Å²) in [6, 6.07) is 11.1. The molecule has 0 radical (unpaired) electrons. The number of halogens is 2. The van der Waals surface area contributed by atoms with E-state index in [-0.39, 0.29) is 27.4 Å². The first kappa shape index (κ1) is 18.2. The van der Waals surface area contributed by atoms with Gasteiger partial charge in [0.15, 0.2) is 0 Å². The molecular weight excluding hydrogens is 383 g/mol. The molecule has 1 N–H and O–H groups in total. The number of benzene rings is 2. The molecule has 0 aromatic heterocycles. The Bertz CT molecular complexity index is 931. The Kier molecular flexibility index (Phi) is 5.06. The van der Waals surface area contributed by atoms with E-state index in [1.165, 1.54) is 29.6 Å². The second kappa shape index (κ2) is 6.96. The number of carbonyl (C=O) groups excluding carboxylic acids is 1. The summed E-state index contributed by atoms with van der Waals surface area (Å²) in [4.78, 5) is 12.2. The lowest BCUT2D eigenvalue weighted by Crippen LogP contribution is -2.51. The molecule has 1 unspecified atom stereocenters. The number of nitrogens with one attached hydrogen (secondary N) is 1. The number of nitrogens with zero attached hydrogens (tertiary/aromatic N) is 1. The van der Waals surface area contributed by atoms with Gasteiger partial charge in [0.05, 0.1) is 10.0 Å². The maximum Gasteiger partial charge on any atom is 0.245 e. The fraction of sp³-hybridized carbons (Fsp3) is 0.235. The van der Waals surface area contributed by atoms with E-state index in [1.807, 2.05) is 24.3 Å². The van der Waals surface area contributed by atoms with Crippen molar-refractivity contribution in [3.63, 3.8) is 0 Å². The van der Waals surface area contributed by atoms with Gasteiger partial charge in [0.1, 0.15) is 10.9 Å². The molecule has 1 amide bonds. The number of hydrogen-bond donors (Lipinski definition) is 1. The highest BCUT2D eigenvalue weighted by molar-refractivity contribution is 7.89. The minimum absolute atomic E-state index is 0.0429. The molecule has 1 aliphatic rings. The van der Waals surface area contributed by atoms with E-state index >= 15 is 0 Å². The van der Waals surface area contributed by atoms with Gasteiger partial charge in [0, 0.05) is 13.6 Å². The van der Waals surface area contributed by atoms with E-state index in [1.54, 1.807) is 0 Å². The zero-order valence-electron chi connectivity index (χ0n) is 13.4. The molecule has 0 fully saturated rings. The van der Waals surface area contributed by atoms with Crippen LogP contribution in [0.4, 0.5) is 0 Å². The highest BCUT2D eigenvalue weighted by Crippen LogP contribution is 2.34. The lowest BCUT2D eigenvalue weighted by Gasteiger charge is -2.35. The SMILES string of the molecule is CNC(=O)C1Cc2ccccc2CN1S(=O)(=O)c1cccc(Cl)c1Cl. The summed E-state index contributed by atoms with van der Waals surface area (Å²) in [7, 11) is -2.52. The van der Waals surface area contributed by atoms with Crippen molar-refractivity contribution in [2.24, 2.45) is 0 Å². The summed E-state index contributed by atoms with van der Waals surface area (Å²) in [6.45, 7) is 0.0967. The standard InChI is InChI=1S/C17H16Cl2N2O3S/c1-20-17(22)14-9-11-5-2-3-6-12(11)10-21(14)25(23,24)15-8-4-7-13(18)16(15)19/h2-8,14H,9-10H2,1H3,(H,20,22). The zero-order chi connectivity index (χ0) is 18.2. The quantitative estimate of drug-likeness (QED) is 0.863. The molecule has 0 aliphatic carbocycles. The van der Waals surface area contributed by atoms with Crippen LogP contribution in [0.2, 0.25) is 10.0 Å². The molecule has 25 heavy (non-hydrogen) atoms. The third kappa shape index (κ3) is 3.27. The summed E-state index contributed by atoms with van der Waals surface area (Å²) in [5.41, 5.74) is 1.82. The first-order valence-electron chi connectivity index (χ1n) is 7.60. The molecule has 8 heteroatoms. The molecule has 1 heterocycles. The summed E-state index contributed by atoms with van der Waals surface area (Å²) >= 11 is 12.1. The predicted molar refractivity (Wildman–Crippen MR) is 97.2 cm³/mol. The van der Waals surface area contributed by atoms with Crippen LogP contribution in [0.25, 0.3) is 0 Å². The summed E-state index contributed by atoms with van der Waals surface area (Å²) in [5, 5.41) is 2.65. The highest BCUT2D eigenvalue weighted by atomic mass is 35.5. The summed E-state index contributed by atoms with van der Waals surface area (Å²) in [5.74, 6) is -0.365. The molecule has 2 aromatic carbocycles. The van der Waals surface area contributed by atoms with Crippen molar-refractivity contribution in [3.8, 4) is 0 Å². The lowest BCUT2D eigenvalue weighted by atomic mass is 9.95. The Morgan fingerprint density at radius 3 is 2.48 bits per heavy atom. The van der Waals surface area contributed by atoms with Crippen LogP contribution in [0.15, 0.2) is 47.4 Å². The average molecular weight is 399 g/mol. The molecule has 0 spiro atoms. The van der Waals surface area contributed by atoms with E-state index in [0.717, 1.165) is 11.1 Å². The maximum atomic E-state index is 13.2. The van der Waals surface area contributed by atoms with Crippen LogP contribution in [-0.4, -0.2) is 31.7 Å². The van der Waals surface area contributed by atoms with Gasteiger partial charge in [-0.3, -0.25) is 4.79 Å². The molecule has 3 rings (SSSR count). The van der Waals surface area contributed by atoms with Crippen LogP contribution in [0.1, 0.15) is 11.1 Å². The minimum atomic E-state index is -4.01. The highest BCUT2D eigenvalue weighted by Gasteiger charge is 2.40. The van der Waals surface area contributed by atoms with E-state index in [9.17, 15) is 13.2 Å². The van der Waals surface area contributed by atoms with E-state index < -0.39 is 16.1 Å². The number of rotatable bonds is 3. The topological polar surface area (TPSA) is 66.5 Å². The van der Waals surface area contributed by atoms with Crippen LogP contribution in [-0.2, 0) is 27.8 Å². The fourth-order valence-corrected chi connectivity index (χ4v) is 5.25. The Labute approximate surface area is 156 Å². The smallest absolute Gasteiger partial charge is 0.245 e. The van der Waals surface area contributed by atoms with Gasteiger partial charge in [-0.1, -0.05) is 53.5 Å². The van der Waals surface area contributed by atoms with E-state index in [0.29, 0.717) is 6.42 Å². The largest absolute Gasteiger partial charge is 0.358 e. The van der Waals surface area contributed by atoms with E-state index in [4.69, 9.17) is 23.2 Å². The van der Waals surface area contributed by atoms with Crippen molar-refractivity contribution in [2.45, 2.75) is 23.9 Å². The van der Waals surface area contributed by atoms with Crippen molar-refractivity contribution in [1.29, 1.82) is 0 Å².